The summed E-state index contributed by atoms with van der Waals surface area (Å²) in [5, 5.41) is 4.10. The highest BCUT2D eigenvalue weighted by Gasteiger charge is 2.24. The average molecular weight is 469 g/mol. The van der Waals surface area contributed by atoms with E-state index in [4.69, 9.17) is 14.5 Å². The minimum Gasteiger partial charge on any atom is -0.490 e. The molecule has 1 fully saturated rings. The zero-order valence-corrected chi connectivity index (χ0v) is 20.7. The van der Waals surface area contributed by atoms with Crippen LogP contribution in [0.15, 0.2) is 18.2 Å². The Kier molecular flexibility index (Phi) is 7.33. The van der Waals surface area contributed by atoms with Crippen molar-refractivity contribution in [3.63, 3.8) is 0 Å². The predicted molar refractivity (Wildman–Crippen MR) is 133 cm³/mol. The lowest BCUT2D eigenvalue weighted by molar-refractivity contribution is 0.0957. The fourth-order valence-electron chi connectivity index (χ4n) is 4.25. The summed E-state index contributed by atoms with van der Waals surface area (Å²) in [6, 6.07) is 5.94. The lowest BCUT2D eigenvalue weighted by Gasteiger charge is -2.18. The number of rotatable bonds is 9. The van der Waals surface area contributed by atoms with Crippen LogP contribution in [0.3, 0.4) is 0 Å². The minimum atomic E-state index is -0.0588. The molecular weight excluding hydrogens is 436 g/mol. The SMILES string of the molecule is CCOc1ccc(CCNC(=O)c2sc3nc(C)nc(N4CCCC4)c3c2C)cc1OCC. The number of aromatic nitrogens is 2. The van der Waals surface area contributed by atoms with E-state index in [1.54, 1.807) is 0 Å². The van der Waals surface area contributed by atoms with Gasteiger partial charge in [-0.15, -0.1) is 11.3 Å². The molecule has 0 radical (unpaired) electrons. The molecule has 7 nitrogen and oxygen atoms in total. The summed E-state index contributed by atoms with van der Waals surface area (Å²) in [6.45, 7) is 11.6. The summed E-state index contributed by atoms with van der Waals surface area (Å²) in [6.07, 6.45) is 3.06. The van der Waals surface area contributed by atoms with Crippen molar-refractivity contribution in [1.29, 1.82) is 0 Å². The molecule has 1 saturated heterocycles. The van der Waals surface area contributed by atoms with Crippen LogP contribution in [-0.4, -0.2) is 48.7 Å². The van der Waals surface area contributed by atoms with Gasteiger partial charge in [0.25, 0.3) is 5.91 Å². The largest absolute Gasteiger partial charge is 0.490 e. The van der Waals surface area contributed by atoms with Gasteiger partial charge in [0.2, 0.25) is 0 Å². The van der Waals surface area contributed by atoms with Crippen LogP contribution < -0.4 is 19.7 Å². The molecule has 1 N–H and O–H groups in total. The van der Waals surface area contributed by atoms with Crippen molar-refractivity contribution in [2.75, 3.05) is 37.7 Å². The van der Waals surface area contributed by atoms with Gasteiger partial charge in [0.1, 0.15) is 16.5 Å². The summed E-state index contributed by atoms with van der Waals surface area (Å²) in [4.78, 5) is 26.3. The Hall–Kier alpha value is -2.87. The second-order valence-corrected chi connectivity index (χ2v) is 9.18. The van der Waals surface area contributed by atoms with Crippen molar-refractivity contribution >= 4 is 33.3 Å². The van der Waals surface area contributed by atoms with E-state index in [0.717, 1.165) is 57.6 Å². The van der Waals surface area contributed by atoms with Crippen molar-refractivity contribution < 1.29 is 14.3 Å². The monoisotopic (exact) mass is 468 g/mol. The fourth-order valence-corrected chi connectivity index (χ4v) is 5.39. The van der Waals surface area contributed by atoms with Crippen molar-refractivity contribution in [2.24, 2.45) is 0 Å². The molecular formula is C25H32N4O3S. The number of hydrogen-bond donors (Lipinski definition) is 1. The van der Waals surface area contributed by atoms with E-state index in [-0.39, 0.29) is 5.91 Å². The first-order valence-corrected chi connectivity index (χ1v) is 12.5. The molecule has 3 aromatic rings. The lowest BCUT2D eigenvalue weighted by Crippen LogP contribution is -2.25. The van der Waals surface area contributed by atoms with Crippen molar-refractivity contribution in [2.45, 2.75) is 47.0 Å². The Morgan fingerprint density at radius 2 is 1.82 bits per heavy atom. The molecule has 1 aliphatic heterocycles. The number of ether oxygens (including phenoxy) is 2. The average Bonchev–Trinajstić information content (AvgIpc) is 3.44. The summed E-state index contributed by atoms with van der Waals surface area (Å²) in [5.41, 5.74) is 2.06. The lowest BCUT2D eigenvalue weighted by atomic mass is 10.1. The number of nitrogens with one attached hydrogen (secondary N) is 1. The Labute approximate surface area is 199 Å². The maximum absolute atomic E-state index is 13.0. The van der Waals surface area contributed by atoms with Crippen LogP contribution in [0.25, 0.3) is 10.2 Å². The first-order chi connectivity index (χ1) is 16.0. The van der Waals surface area contributed by atoms with Gasteiger partial charge in [-0.25, -0.2) is 9.97 Å². The number of anilines is 1. The number of aryl methyl sites for hydroxylation is 2. The number of carbonyl (C=O) groups is 1. The highest BCUT2D eigenvalue weighted by molar-refractivity contribution is 7.20. The van der Waals surface area contributed by atoms with E-state index in [2.05, 4.69) is 15.2 Å². The number of thiophene rings is 1. The summed E-state index contributed by atoms with van der Waals surface area (Å²) >= 11 is 1.46. The number of benzene rings is 1. The highest BCUT2D eigenvalue weighted by Crippen LogP contribution is 2.36. The zero-order valence-electron chi connectivity index (χ0n) is 19.9. The number of fused-ring (bicyclic) bond motifs is 1. The standard InChI is InChI=1S/C25H32N4O3S/c1-5-31-19-10-9-18(15-20(19)32-6-2)11-12-26-24(30)22-16(3)21-23(29-13-7-8-14-29)27-17(4)28-25(21)33-22/h9-10,15H,5-8,11-14H2,1-4H3,(H,26,30). The molecule has 1 amide bonds. The second-order valence-electron chi connectivity index (χ2n) is 8.18. The van der Waals surface area contributed by atoms with E-state index in [0.29, 0.717) is 31.1 Å². The number of nitrogens with zero attached hydrogens (tertiary/aromatic N) is 3. The maximum atomic E-state index is 13.0. The molecule has 4 rings (SSSR count). The molecule has 33 heavy (non-hydrogen) atoms. The Morgan fingerprint density at radius 3 is 2.55 bits per heavy atom. The molecule has 8 heteroatoms. The van der Waals surface area contributed by atoms with E-state index in [1.807, 2.05) is 45.9 Å². The van der Waals surface area contributed by atoms with Gasteiger partial charge < -0.3 is 19.7 Å². The summed E-state index contributed by atoms with van der Waals surface area (Å²) < 4.78 is 11.3. The third-order valence-electron chi connectivity index (χ3n) is 5.80. The van der Waals surface area contributed by atoms with Crippen LogP contribution in [0.1, 0.15) is 53.3 Å². The van der Waals surface area contributed by atoms with E-state index in [9.17, 15) is 4.79 Å². The molecule has 2 aromatic heterocycles. The van der Waals surface area contributed by atoms with Crippen molar-refractivity contribution in [3.8, 4) is 11.5 Å². The minimum absolute atomic E-state index is 0.0588. The number of hydrogen-bond acceptors (Lipinski definition) is 7. The predicted octanol–water partition coefficient (Wildman–Crippen LogP) is 4.68. The third kappa shape index (κ3) is 5.05. The van der Waals surface area contributed by atoms with Crippen LogP contribution in [0, 0.1) is 13.8 Å². The van der Waals surface area contributed by atoms with Gasteiger partial charge in [-0.05, 0) is 70.2 Å². The molecule has 0 saturated carbocycles. The highest BCUT2D eigenvalue weighted by atomic mass is 32.1. The van der Waals surface area contributed by atoms with Crippen LogP contribution in [0.2, 0.25) is 0 Å². The van der Waals surface area contributed by atoms with Gasteiger partial charge in [0.15, 0.2) is 11.5 Å². The van der Waals surface area contributed by atoms with E-state index < -0.39 is 0 Å². The molecule has 0 aliphatic carbocycles. The van der Waals surface area contributed by atoms with Gasteiger partial charge in [-0.1, -0.05) is 6.07 Å². The smallest absolute Gasteiger partial charge is 0.261 e. The molecule has 0 unspecified atom stereocenters. The van der Waals surface area contributed by atoms with Crippen LogP contribution in [-0.2, 0) is 6.42 Å². The molecule has 0 bridgehead atoms. The molecule has 1 aliphatic rings. The van der Waals surface area contributed by atoms with Crippen LogP contribution >= 0.6 is 11.3 Å². The first-order valence-electron chi connectivity index (χ1n) is 11.7. The zero-order chi connectivity index (χ0) is 23.4. The molecule has 176 valence electrons. The van der Waals surface area contributed by atoms with Crippen molar-refractivity contribution in [1.82, 2.24) is 15.3 Å². The number of carbonyl (C=O) groups excluding carboxylic acids is 1. The Balaban J connectivity index is 1.48. The maximum Gasteiger partial charge on any atom is 0.261 e. The topological polar surface area (TPSA) is 76.6 Å². The number of amides is 1. The summed E-state index contributed by atoms with van der Waals surface area (Å²) in [7, 11) is 0. The first kappa shape index (κ1) is 23.3. The summed E-state index contributed by atoms with van der Waals surface area (Å²) in [5.74, 6) is 3.15. The normalized spacial score (nSPS) is 13.5. The van der Waals surface area contributed by atoms with Gasteiger partial charge in [0.05, 0.1) is 23.5 Å². The van der Waals surface area contributed by atoms with Crippen molar-refractivity contribution in [3.05, 3.63) is 40.0 Å². The molecule has 0 spiro atoms. The molecule has 0 atom stereocenters. The third-order valence-corrected chi connectivity index (χ3v) is 6.99. The van der Waals surface area contributed by atoms with E-state index >= 15 is 0 Å². The van der Waals surface area contributed by atoms with Gasteiger partial charge in [0, 0.05) is 19.6 Å². The van der Waals surface area contributed by atoms with Gasteiger partial charge >= 0.3 is 0 Å². The van der Waals surface area contributed by atoms with Crippen LogP contribution in [0.4, 0.5) is 5.82 Å². The molecule has 1 aromatic carbocycles. The Morgan fingerprint density at radius 1 is 1.09 bits per heavy atom. The van der Waals surface area contributed by atoms with Gasteiger partial charge in [-0.3, -0.25) is 4.79 Å². The fraction of sp³-hybridized carbons (Fsp3) is 0.480. The van der Waals surface area contributed by atoms with E-state index in [1.165, 1.54) is 24.2 Å². The Bertz CT molecular complexity index is 1140. The quantitative estimate of drug-likeness (QED) is 0.491. The second kappa shape index (κ2) is 10.4. The molecule has 3 heterocycles. The van der Waals surface area contributed by atoms with Crippen LogP contribution in [0.5, 0.6) is 11.5 Å². The van der Waals surface area contributed by atoms with Gasteiger partial charge in [-0.2, -0.15) is 0 Å².